The Labute approximate surface area is 128 Å². The number of carbonyl (C=O) groups excluding carboxylic acids is 1. The quantitative estimate of drug-likeness (QED) is 0.816. The third kappa shape index (κ3) is 2.70. The molecule has 0 fully saturated rings. The lowest BCUT2D eigenvalue weighted by atomic mass is 10.2. The fraction of sp³-hybridized carbons (Fsp3) is 0.375. The summed E-state index contributed by atoms with van der Waals surface area (Å²) < 4.78 is 5.55. The molecule has 1 unspecified atom stereocenters. The zero-order valence-electron chi connectivity index (χ0n) is 12.4. The highest BCUT2D eigenvalue weighted by atomic mass is 32.2. The van der Waals surface area contributed by atoms with E-state index in [1.807, 2.05) is 43.9 Å². The topological polar surface area (TPSA) is 46.3 Å². The van der Waals surface area contributed by atoms with Crippen LogP contribution in [0.5, 0.6) is 0 Å². The van der Waals surface area contributed by atoms with Gasteiger partial charge in [-0.05, 0) is 38.8 Å². The summed E-state index contributed by atoms with van der Waals surface area (Å²) in [6, 6.07) is 8.09. The van der Waals surface area contributed by atoms with E-state index in [4.69, 9.17) is 4.42 Å². The molecule has 0 N–H and O–H groups in total. The van der Waals surface area contributed by atoms with Gasteiger partial charge in [0.1, 0.15) is 5.76 Å². The Bertz CT molecular complexity index is 661. The molecule has 5 heteroatoms. The summed E-state index contributed by atoms with van der Waals surface area (Å²) >= 11 is 1.38. The number of para-hydroxylation sites is 1. The number of hydrogen-bond acceptors (Lipinski definition) is 4. The number of hydrogen-bond donors (Lipinski definition) is 0. The lowest BCUT2D eigenvalue weighted by Gasteiger charge is -2.20. The molecule has 1 aliphatic rings. The Morgan fingerprint density at radius 3 is 2.86 bits per heavy atom. The first-order chi connectivity index (χ1) is 10.1. The van der Waals surface area contributed by atoms with Crippen molar-refractivity contribution in [2.24, 2.45) is 0 Å². The average Bonchev–Trinajstić information content (AvgIpc) is 3.02. The minimum Gasteiger partial charge on any atom is -0.437 e. The second kappa shape index (κ2) is 5.56. The highest BCUT2D eigenvalue weighted by Gasteiger charge is 2.29. The van der Waals surface area contributed by atoms with E-state index >= 15 is 0 Å². The lowest BCUT2D eigenvalue weighted by Crippen LogP contribution is -2.35. The number of benzene rings is 1. The predicted molar refractivity (Wildman–Crippen MR) is 83.8 cm³/mol. The number of aryl methyl sites for hydroxylation is 2. The van der Waals surface area contributed by atoms with Crippen LogP contribution in [-0.4, -0.2) is 22.7 Å². The van der Waals surface area contributed by atoms with Gasteiger partial charge < -0.3 is 9.32 Å². The highest BCUT2D eigenvalue weighted by molar-refractivity contribution is 8.00. The van der Waals surface area contributed by atoms with Crippen LogP contribution in [0.15, 0.2) is 33.9 Å². The largest absolute Gasteiger partial charge is 0.437 e. The summed E-state index contributed by atoms with van der Waals surface area (Å²) in [5.74, 6) is 0.919. The van der Waals surface area contributed by atoms with E-state index < -0.39 is 0 Å². The van der Waals surface area contributed by atoms with E-state index in [0.717, 1.165) is 30.1 Å². The van der Waals surface area contributed by atoms with Crippen molar-refractivity contribution in [3.05, 3.63) is 41.3 Å². The summed E-state index contributed by atoms with van der Waals surface area (Å²) in [7, 11) is 0. The van der Waals surface area contributed by atoms with Gasteiger partial charge in [-0.3, -0.25) is 4.79 Å². The number of amides is 1. The number of fused-ring (bicyclic) bond motifs is 1. The molecule has 0 aliphatic carbocycles. The number of thioether (sulfide) groups is 1. The fourth-order valence-electron chi connectivity index (χ4n) is 2.48. The SMILES string of the molecule is Cc1nc(SC(C)C(=O)N2CCc3ccccc32)oc1C. The van der Waals surface area contributed by atoms with Gasteiger partial charge in [-0.2, -0.15) is 0 Å². The molecule has 2 aromatic rings. The smallest absolute Gasteiger partial charge is 0.256 e. The van der Waals surface area contributed by atoms with E-state index in [0.29, 0.717) is 5.22 Å². The fourth-order valence-corrected chi connectivity index (χ4v) is 3.38. The molecule has 0 saturated heterocycles. The van der Waals surface area contributed by atoms with Crippen molar-refractivity contribution in [1.29, 1.82) is 0 Å². The number of anilines is 1. The molecule has 1 aromatic heterocycles. The van der Waals surface area contributed by atoms with Crippen LogP contribution >= 0.6 is 11.8 Å². The number of carbonyl (C=O) groups is 1. The summed E-state index contributed by atoms with van der Waals surface area (Å²) in [6.45, 7) is 6.46. The van der Waals surface area contributed by atoms with Gasteiger partial charge in [-0.25, -0.2) is 4.98 Å². The van der Waals surface area contributed by atoms with Crippen molar-refractivity contribution < 1.29 is 9.21 Å². The van der Waals surface area contributed by atoms with E-state index in [1.54, 1.807) is 0 Å². The zero-order valence-corrected chi connectivity index (χ0v) is 13.2. The highest BCUT2D eigenvalue weighted by Crippen LogP contribution is 2.31. The predicted octanol–water partition coefficient (Wildman–Crippen LogP) is 3.36. The normalized spacial score (nSPS) is 15.1. The minimum absolute atomic E-state index is 0.110. The van der Waals surface area contributed by atoms with Crippen LogP contribution in [0.25, 0.3) is 0 Å². The molecule has 4 nitrogen and oxygen atoms in total. The Kier molecular flexibility index (Phi) is 3.76. The summed E-state index contributed by atoms with van der Waals surface area (Å²) in [4.78, 5) is 18.8. The average molecular weight is 302 g/mol. The van der Waals surface area contributed by atoms with Crippen LogP contribution in [0.2, 0.25) is 0 Å². The molecule has 2 heterocycles. The van der Waals surface area contributed by atoms with Gasteiger partial charge in [-0.15, -0.1) is 0 Å². The minimum atomic E-state index is -0.214. The monoisotopic (exact) mass is 302 g/mol. The maximum absolute atomic E-state index is 12.6. The van der Waals surface area contributed by atoms with Crippen LogP contribution < -0.4 is 4.90 Å². The first kappa shape index (κ1) is 14.2. The molecule has 3 rings (SSSR count). The van der Waals surface area contributed by atoms with E-state index in [9.17, 15) is 4.79 Å². The second-order valence-electron chi connectivity index (χ2n) is 5.25. The standard InChI is InChI=1S/C16H18N2O2S/c1-10-11(2)20-16(17-10)21-12(3)15(19)18-9-8-13-6-4-5-7-14(13)18/h4-7,12H,8-9H2,1-3H3. The van der Waals surface area contributed by atoms with Crippen molar-refractivity contribution in [3.8, 4) is 0 Å². The van der Waals surface area contributed by atoms with Crippen LogP contribution in [0, 0.1) is 13.8 Å². The van der Waals surface area contributed by atoms with Crippen molar-refractivity contribution in [2.75, 3.05) is 11.4 Å². The van der Waals surface area contributed by atoms with Gasteiger partial charge in [0.05, 0.1) is 10.9 Å². The zero-order chi connectivity index (χ0) is 15.0. The number of rotatable bonds is 3. The lowest BCUT2D eigenvalue weighted by molar-refractivity contribution is -0.117. The van der Waals surface area contributed by atoms with Gasteiger partial charge in [0.2, 0.25) is 5.91 Å². The van der Waals surface area contributed by atoms with Crippen LogP contribution in [0.4, 0.5) is 5.69 Å². The van der Waals surface area contributed by atoms with Crippen molar-refractivity contribution in [2.45, 2.75) is 37.7 Å². The van der Waals surface area contributed by atoms with Crippen LogP contribution in [-0.2, 0) is 11.2 Å². The van der Waals surface area contributed by atoms with Gasteiger partial charge in [0.15, 0.2) is 0 Å². The molecule has 0 radical (unpaired) electrons. The number of aromatic nitrogens is 1. The number of oxazole rings is 1. The van der Waals surface area contributed by atoms with Gasteiger partial charge >= 0.3 is 0 Å². The van der Waals surface area contributed by atoms with Crippen molar-refractivity contribution >= 4 is 23.4 Å². The Hall–Kier alpha value is -1.75. The molecule has 1 amide bonds. The number of nitrogens with zero attached hydrogens (tertiary/aromatic N) is 2. The Balaban J connectivity index is 1.74. The van der Waals surface area contributed by atoms with Crippen molar-refractivity contribution in [3.63, 3.8) is 0 Å². The van der Waals surface area contributed by atoms with Gasteiger partial charge in [-0.1, -0.05) is 30.0 Å². The molecule has 1 atom stereocenters. The van der Waals surface area contributed by atoms with Gasteiger partial charge in [0, 0.05) is 12.2 Å². The summed E-state index contributed by atoms with van der Waals surface area (Å²) in [6.07, 6.45) is 0.927. The van der Waals surface area contributed by atoms with E-state index in [1.165, 1.54) is 17.3 Å². The first-order valence-electron chi connectivity index (χ1n) is 7.06. The molecule has 110 valence electrons. The Morgan fingerprint density at radius 1 is 1.38 bits per heavy atom. The Morgan fingerprint density at radius 2 is 2.14 bits per heavy atom. The van der Waals surface area contributed by atoms with Crippen LogP contribution in [0.3, 0.4) is 0 Å². The van der Waals surface area contributed by atoms with Gasteiger partial charge in [0.25, 0.3) is 5.22 Å². The summed E-state index contributed by atoms with van der Waals surface area (Å²) in [5, 5.41) is 0.354. The van der Waals surface area contributed by atoms with E-state index in [2.05, 4.69) is 11.1 Å². The maximum Gasteiger partial charge on any atom is 0.256 e. The molecular weight excluding hydrogens is 284 g/mol. The molecule has 21 heavy (non-hydrogen) atoms. The summed E-state index contributed by atoms with van der Waals surface area (Å²) in [5.41, 5.74) is 3.16. The van der Waals surface area contributed by atoms with Crippen molar-refractivity contribution in [1.82, 2.24) is 4.98 Å². The molecular formula is C16H18N2O2S. The third-order valence-electron chi connectivity index (χ3n) is 3.79. The van der Waals surface area contributed by atoms with E-state index in [-0.39, 0.29) is 11.2 Å². The second-order valence-corrected chi connectivity index (χ2v) is 6.54. The molecule has 0 spiro atoms. The first-order valence-corrected chi connectivity index (χ1v) is 7.94. The maximum atomic E-state index is 12.6. The molecule has 1 aliphatic heterocycles. The molecule has 0 bridgehead atoms. The molecule has 1 aromatic carbocycles. The molecule has 0 saturated carbocycles. The van der Waals surface area contributed by atoms with Crippen LogP contribution in [0.1, 0.15) is 23.9 Å². The third-order valence-corrected chi connectivity index (χ3v) is 4.72.